The van der Waals surface area contributed by atoms with Gasteiger partial charge in [-0.25, -0.2) is 0 Å². The summed E-state index contributed by atoms with van der Waals surface area (Å²) in [4.78, 5) is 54.9. The van der Waals surface area contributed by atoms with Crippen molar-refractivity contribution in [1.29, 1.82) is 0 Å². The molecule has 8 aromatic carbocycles. The maximum atomic E-state index is 11.5. The van der Waals surface area contributed by atoms with E-state index in [2.05, 4.69) is 114 Å². The molecule has 0 N–H and O–H groups in total. The van der Waals surface area contributed by atoms with Gasteiger partial charge in [-0.05, 0) is 167 Å². The Morgan fingerprint density at radius 3 is 1.18 bits per heavy atom. The number of hydrogen-bond acceptors (Lipinski definition) is 10. The fourth-order valence-electron chi connectivity index (χ4n) is 5.82. The standard InChI is InChI=1S/C24H15NO3S.C16H9NO2.C8H7IOS.C8H6.C6H3Br2NO2.C3H4.CH4/c1-18(26)29-23-15-11-20(12-16-23)9-13-22-14-10-21(17-24(22)25(27)28)8-7-19-5-3-2-4-6-19;1-2-15-11-10-14(12-16(15)17(18)19)9-8-13-6-4-3-5-7-13;1-6(10)11-8-4-2-7(9)3-5-8;1-2-8-6-4-3-5-7-8;7-4-1-2-5(8)6(3-4)9(10)11;1-3-2;/h2-6,10-12,14-17H,1H3;1,3-7,10-12H;2-5H,1H3;1,3-7H;1-3H;1H,2H3;1H4. The van der Waals surface area contributed by atoms with Crippen molar-refractivity contribution in [3.8, 4) is 72.6 Å². The van der Waals surface area contributed by atoms with E-state index in [0.717, 1.165) is 38.2 Å². The number of halogens is 3. The number of carbonyl (C=O) groups excluding carboxylic acids is 2. The van der Waals surface area contributed by atoms with Gasteiger partial charge in [0.05, 0.1) is 19.2 Å². The van der Waals surface area contributed by atoms with Gasteiger partial charge in [-0.1, -0.05) is 149 Å². The summed E-state index contributed by atoms with van der Waals surface area (Å²) in [5, 5.41) is 32.8. The molecule has 0 heterocycles. The Bertz CT molecular complexity index is 3790. The van der Waals surface area contributed by atoms with Crippen LogP contribution in [0.3, 0.4) is 0 Å². The molecule has 0 aliphatic rings. The normalized spacial score (nSPS) is 8.91. The van der Waals surface area contributed by atoms with Gasteiger partial charge in [0.15, 0.2) is 10.2 Å². The summed E-state index contributed by atoms with van der Waals surface area (Å²) in [5.74, 6) is 24.6. The second-order valence-electron chi connectivity index (χ2n) is 15.4. The molecule has 0 saturated heterocycles. The van der Waals surface area contributed by atoms with Crippen LogP contribution in [0, 0.1) is 106 Å². The lowest BCUT2D eigenvalue weighted by atomic mass is 10.1. The number of terminal acetylenes is 3. The first-order valence-electron chi connectivity index (χ1n) is 23.3. The average molecular weight is 1360 g/mol. The van der Waals surface area contributed by atoms with Crippen LogP contribution in [0.2, 0.25) is 0 Å². The Labute approximate surface area is 517 Å². The smallest absolute Gasteiger partial charge is 0.286 e. The topological polar surface area (TPSA) is 164 Å². The highest BCUT2D eigenvalue weighted by Crippen LogP contribution is 2.28. The summed E-state index contributed by atoms with van der Waals surface area (Å²) in [6.07, 6.45) is 14.9. The van der Waals surface area contributed by atoms with E-state index in [0.29, 0.717) is 31.2 Å². The van der Waals surface area contributed by atoms with E-state index < -0.39 is 14.8 Å². The van der Waals surface area contributed by atoms with Crippen LogP contribution in [-0.2, 0) is 9.59 Å². The SMILES string of the molecule is C.C#CC.C#Cc1ccc(C#Cc2ccccc2)cc1[N+](=O)[O-].C#Cc1ccccc1.CC(=O)Sc1ccc(C#Cc2ccc(C#Cc3ccccc3)cc2[N+](=O)[O-])cc1.CC(=O)Sc1ccc(I)cc1.O=[N+]([O-])c1cc(Br)ccc1Br. The molecule has 408 valence electrons. The van der Waals surface area contributed by atoms with Crippen molar-refractivity contribution in [3.63, 3.8) is 0 Å². The minimum absolute atomic E-state index is 0. The predicted octanol–water partition coefficient (Wildman–Crippen LogP) is 17.0. The molecule has 82 heavy (non-hydrogen) atoms. The molecule has 0 saturated carbocycles. The number of nitrogens with zero attached hydrogens (tertiary/aromatic N) is 3. The van der Waals surface area contributed by atoms with Gasteiger partial charge >= 0.3 is 0 Å². The maximum Gasteiger partial charge on any atom is 0.286 e. The van der Waals surface area contributed by atoms with E-state index in [-0.39, 0.29) is 40.3 Å². The molecular weight excluding hydrogens is 1310 g/mol. The Morgan fingerprint density at radius 2 is 0.805 bits per heavy atom. The van der Waals surface area contributed by atoms with Gasteiger partial charge in [0, 0.05) is 83.3 Å². The molecule has 0 radical (unpaired) electrons. The monoisotopic (exact) mass is 1360 g/mol. The largest absolute Gasteiger partial charge is 0.287 e. The number of hydrogen-bond donors (Lipinski definition) is 0. The molecule has 0 atom stereocenters. The third-order valence-corrected chi connectivity index (χ3v) is 12.8. The van der Waals surface area contributed by atoms with Crippen LogP contribution >= 0.6 is 78.0 Å². The minimum Gasteiger partial charge on any atom is -0.287 e. The van der Waals surface area contributed by atoms with Gasteiger partial charge < -0.3 is 0 Å². The third kappa shape index (κ3) is 27.3. The molecule has 0 aliphatic heterocycles. The molecule has 0 aromatic heterocycles. The van der Waals surface area contributed by atoms with Crippen LogP contribution in [0.15, 0.2) is 213 Å². The van der Waals surface area contributed by atoms with Gasteiger partial charge in [-0.3, -0.25) is 39.9 Å². The lowest BCUT2D eigenvalue weighted by Crippen LogP contribution is -1.93. The Balaban J connectivity index is 0.000000372. The summed E-state index contributed by atoms with van der Waals surface area (Å²) < 4.78 is 2.38. The number of nitro benzene ring substituents is 3. The zero-order valence-electron chi connectivity index (χ0n) is 43.3. The molecule has 0 amide bonds. The van der Waals surface area contributed by atoms with Gasteiger partial charge in [0.25, 0.3) is 17.1 Å². The molecule has 8 aromatic rings. The van der Waals surface area contributed by atoms with E-state index in [1.165, 1.54) is 46.5 Å². The van der Waals surface area contributed by atoms with Crippen molar-refractivity contribution in [1.82, 2.24) is 0 Å². The molecule has 0 spiro atoms. The fraction of sp³-hybridized carbons (Fsp3) is 0.0606. The second-order valence-corrected chi connectivity index (χ2v) is 20.9. The highest BCUT2D eigenvalue weighted by molar-refractivity contribution is 14.1. The molecule has 8 rings (SSSR count). The van der Waals surface area contributed by atoms with Crippen LogP contribution in [-0.4, -0.2) is 25.0 Å². The first-order chi connectivity index (χ1) is 38.8. The van der Waals surface area contributed by atoms with Gasteiger partial charge in [0.1, 0.15) is 11.1 Å². The average Bonchev–Trinajstić information content (AvgIpc) is 3.58. The summed E-state index contributed by atoms with van der Waals surface area (Å²) in [5.41, 5.74) is 4.93. The summed E-state index contributed by atoms with van der Waals surface area (Å²) in [6.45, 7) is 4.73. The minimum atomic E-state index is -0.497. The Kier molecular flexibility index (Phi) is 32.6. The van der Waals surface area contributed by atoms with Crippen molar-refractivity contribution in [2.75, 3.05) is 0 Å². The van der Waals surface area contributed by atoms with Crippen molar-refractivity contribution >= 4 is 105 Å². The summed E-state index contributed by atoms with van der Waals surface area (Å²) in [6, 6.07) is 57.7. The maximum absolute atomic E-state index is 11.5. The first-order valence-corrected chi connectivity index (χ1v) is 27.6. The number of rotatable bonds is 5. The molecule has 0 bridgehead atoms. The Hall–Kier alpha value is -8.95. The van der Waals surface area contributed by atoms with Crippen LogP contribution in [0.1, 0.15) is 72.7 Å². The van der Waals surface area contributed by atoms with Crippen LogP contribution in [0.5, 0.6) is 0 Å². The quantitative estimate of drug-likeness (QED) is 0.0533. The number of nitro groups is 3. The van der Waals surface area contributed by atoms with Gasteiger partial charge in [-0.15, -0.1) is 25.2 Å². The Morgan fingerprint density at radius 1 is 0.451 bits per heavy atom. The highest BCUT2D eigenvalue weighted by atomic mass is 127. The molecule has 11 nitrogen and oxygen atoms in total. The molecule has 0 aliphatic carbocycles. The van der Waals surface area contributed by atoms with E-state index in [4.69, 9.17) is 12.8 Å². The lowest BCUT2D eigenvalue weighted by Gasteiger charge is -1.98. The van der Waals surface area contributed by atoms with E-state index in [9.17, 15) is 39.9 Å². The fourth-order valence-corrected chi connectivity index (χ4v) is 8.13. The second kappa shape index (κ2) is 38.6. The van der Waals surface area contributed by atoms with Crippen LogP contribution in [0.4, 0.5) is 17.1 Å². The number of thioether (sulfide) groups is 2. The van der Waals surface area contributed by atoms with Crippen LogP contribution in [0.25, 0.3) is 0 Å². The predicted molar refractivity (Wildman–Crippen MR) is 348 cm³/mol. The van der Waals surface area contributed by atoms with Crippen molar-refractivity contribution in [3.05, 3.63) is 281 Å². The van der Waals surface area contributed by atoms with Gasteiger partial charge in [-0.2, -0.15) is 0 Å². The van der Waals surface area contributed by atoms with E-state index in [1.54, 1.807) is 68.4 Å². The number of benzene rings is 8. The zero-order chi connectivity index (χ0) is 59.5. The molecule has 0 fully saturated rings. The van der Waals surface area contributed by atoms with Crippen LogP contribution < -0.4 is 0 Å². The zero-order valence-corrected chi connectivity index (χ0v) is 50.2. The van der Waals surface area contributed by atoms with Crippen molar-refractivity contribution in [2.24, 2.45) is 0 Å². The van der Waals surface area contributed by atoms with E-state index in [1.807, 2.05) is 115 Å². The van der Waals surface area contributed by atoms with Crippen molar-refractivity contribution < 1.29 is 24.4 Å². The summed E-state index contributed by atoms with van der Waals surface area (Å²) >= 11 is 10.9. The summed E-state index contributed by atoms with van der Waals surface area (Å²) in [7, 11) is 0. The van der Waals surface area contributed by atoms with Gasteiger partial charge in [0.2, 0.25) is 0 Å². The third-order valence-electron chi connectivity index (χ3n) is 9.37. The number of carbonyl (C=O) groups is 2. The molecule has 16 heteroatoms. The van der Waals surface area contributed by atoms with Crippen molar-refractivity contribution in [2.45, 2.75) is 38.0 Å². The molecule has 0 unspecified atom stereocenters. The lowest BCUT2D eigenvalue weighted by molar-refractivity contribution is -0.385. The highest BCUT2D eigenvalue weighted by Gasteiger charge is 2.14. The first kappa shape index (κ1) is 69.2. The molecular formula is C66H48Br2IN3O8S2. The van der Waals surface area contributed by atoms with E-state index >= 15 is 0 Å².